The van der Waals surface area contributed by atoms with E-state index in [1.807, 2.05) is 11.5 Å². The summed E-state index contributed by atoms with van der Waals surface area (Å²) in [6.07, 6.45) is 0. The van der Waals surface area contributed by atoms with Crippen LogP contribution in [0.2, 0.25) is 0 Å². The van der Waals surface area contributed by atoms with E-state index in [9.17, 15) is 4.79 Å². The van der Waals surface area contributed by atoms with Crippen molar-refractivity contribution in [2.75, 3.05) is 0 Å². The van der Waals surface area contributed by atoms with Gasteiger partial charge in [0.2, 0.25) is 0 Å². The van der Waals surface area contributed by atoms with E-state index in [-0.39, 0.29) is 16.4 Å². The maximum atomic E-state index is 12.7. The van der Waals surface area contributed by atoms with Crippen molar-refractivity contribution in [1.29, 1.82) is 0 Å². The summed E-state index contributed by atoms with van der Waals surface area (Å²) in [6, 6.07) is 0. The number of hydrogen-bond donors (Lipinski definition) is 0. The Morgan fingerprint density at radius 2 is 1.32 bits per heavy atom. The van der Waals surface area contributed by atoms with Gasteiger partial charge in [0.1, 0.15) is 0 Å². The van der Waals surface area contributed by atoms with Gasteiger partial charge >= 0.3 is 0 Å². The Labute approximate surface area is 117 Å². The summed E-state index contributed by atoms with van der Waals surface area (Å²) in [7, 11) is 0. The Balaban J connectivity index is 3.94. The third kappa shape index (κ3) is 2.77. The lowest BCUT2D eigenvalue weighted by molar-refractivity contribution is 0.523. The molecule has 1 heterocycles. The summed E-state index contributed by atoms with van der Waals surface area (Å²) >= 11 is 0. The first-order chi connectivity index (χ1) is 8.42. The van der Waals surface area contributed by atoms with Crippen LogP contribution in [0, 0.1) is 13.8 Å². The summed E-state index contributed by atoms with van der Waals surface area (Å²) in [5.41, 5.74) is 4.68. The molecule has 1 aromatic rings. The summed E-state index contributed by atoms with van der Waals surface area (Å²) in [5, 5.41) is 0. The molecule has 0 amide bonds. The van der Waals surface area contributed by atoms with Crippen molar-refractivity contribution in [3.8, 4) is 0 Å². The van der Waals surface area contributed by atoms with E-state index in [0.29, 0.717) is 0 Å². The highest BCUT2D eigenvalue weighted by molar-refractivity contribution is 5.43. The van der Waals surface area contributed by atoms with Crippen LogP contribution in [0.4, 0.5) is 0 Å². The van der Waals surface area contributed by atoms with Crippen LogP contribution in [0.1, 0.15) is 70.9 Å². The maximum absolute atomic E-state index is 12.7. The van der Waals surface area contributed by atoms with Crippen molar-refractivity contribution in [3.63, 3.8) is 0 Å². The Kier molecular flexibility index (Phi) is 4.05. The van der Waals surface area contributed by atoms with Gasteiger partial charge in [-0.25, -0.2) is 0 Å². The number of hydrogen-bond acceptors (Lipinski definition) is 1. The van der Waals surface area contributed by atoms with Crippen LogP contribution in [0.3, 0.4) is 0 Å². The van der Waals surface area contributed by atoms with E-state index >= 15 is 0 Å². The van der Waals surface area contributed by atoms with Gasteiger partial charge in [-0.05, 0) is 42.7 Å². The van der Waals surface area contributed by atoms with Crippen molar-refractivity contribution in [2.45, 2.75) is 79.7 Å². The molecule has 2 nitrogen and oxygen atoms in total. The van der Waals surface area contributed by atoms with Gasteiger partial charge in [-0.3, -0.25) is 4.79 Å². The smallest absolute Gasteiger partial charge is 0.254 e. The van der Waals surface area contributed by atoms with Crippen molar-refractivity contribution in [2.24, 2.45) is 0 Å². The Bertz CT molecular complexity index is 536. The summed E-state index contributed by atoms with van der Waals surface area (Å²) in [5.74, 6) is 0. The molecule has 0 saturated carbocycles. The molecule has 0 radical (unpaired) electrons. The fraction of sp³-hybridized carbons (Fsp3) is 0.706. The molecule has 1 rings (SSSR count). The number of pyridine rings is 1. The van der Waals surface area contributed by atoms with Gasteiger partial charge in [0.15, 0.2) is 0 Å². The molecule has 0 atom stereocenters. The number of rotatable bonds is 1. The minimum Gasteiger partial charge on any atom is -0.313 e. The molecule has 0 N–H and O–H groups in total. The molecule has 2 heteroatoms. The quantitative estimate of drug-likeness (QED) is 0.748. The van der Waals surface area contributed by atoms with E-state index in [2.05, 4.69) is 55.4 Å². The topological polar surface area (TPSA) is 22.0 Å². The zero-order valence-corrected chi connectivity index (χ0v) is 14.1. The van der Waals surface area contributed by atoms with Crippen LogP contribution >= 0.6 is 0 Å². The van der Waals surface area contributed by atoms with Crippen molar-refractivity contribution >= 4 is 0 Å². The fourth-order valence-electron chi connectivity index (χ4n) is 3.35. The predicted molar refractivity (Wildman–Crippen MR) is 83.3 cm³/mol. The lowest BCUT2D eigenvalue weighted by Crippen LogP contribution is -2.36. The van der Waals surface area contributed by atoms with Gasteiger partial charge < -0.3 is 4.57 Å². The largest absolute Gasteiger partial charge is 0.313 e. The predicted octanol–water partition coefficient (Wildman–Crippen LogP) is 4.08. The molecule has 0 aliphatic rings. The average molecular weight is 263 g/mol. The fourth-order valence-corrected chi connectivity index (χ4v) is 3.35. The third-order valence-electron chi connectivity index (χ3n) is 3.79. The van der Waals surface area contributed by atoms with Crippen LogP contribution in [-0.2, 0) is 17.4 Å². The van der Waals surface area contributed by atoms with Crippen LogP contribution in [0.5, 0.6) is 0 Å². The van der Waals surface area contributed by atoms with E-state index in [4.69, 9.17) is 0 Å². The van der Waals surface area contributed by atoms with E-state index < -0.39 is 0 Å². The second-order valence-electron chi connectivity index (χ2n) is 7.51. The minimum atomic E-state index is -0.119. The maximum Gasteiger partial charge on any atom is 0.254 e. The highest BCUT2D eigenvalue weighted by Gasteiger charge is 2.29. The van der Waals surface area contributed by atoms with Gasteiger partial charge in [-0.2, -0.15) is 0 Å². The molecule has 0 aliphatic heterocycles. The number of nitrogens with zero attached hydrogens (tertiary/aromatic N) is 1. The van der Waals surface area contributed by atoms with E-state index in [1.165, 1.54) is 11.1 Å². The lowest BCUT2D eigenvalue weighted by atomic mass is 9.76. The minimum absolute atomic E-state index is 0.0544. The third-order valence-corrected chi connectivity index (χ3v) is 3.79. The van der Waals surface area contributed by atoms with E-state index in [0.717, 1.165) is 17.8 Å². The average Bonchev–Trinajstić information content (AvgIpc) is 2.12. The molecule has 0 aromatic carbocycles. The highest BCUT2D eigenvalue weighted by Crippen LogP contribution is 2.33. The summed E-state index contributed by atoms with van der Waals surface area (Å²) in [6.45, 7) is 20.0. The Hall–Kier alpha value is -1.05. The monoisotopic (exact) mass is 263 g/mol. The van der Waals surface area contributed by atoms with Gasteiger partial charge in [-0.15, -0.1) is 0 Å². The van der Waals surface area contributed by atoms with Crippen LogP contribution in [-0.4, -0.2) is 4.57 Å². The van der Waals surface area contributed by atoms with Crippen molar-refractivity contribution < 1.29 is 0 Å². The molecule has 0 saturated heterocycles. The van der Waals surface area contributed by atoms with Gasteiger partial charge in [0.25, 0.3) is 5.56 Å². The molecule has 0 spiro atoms. The Morgan fingerprint density at radius 1 is 0.895 bits per heavy atom. The van der Waals surface area contributed by atoms with Crippen LogP contribution in [0.25, 0.3) is 0 Å². The first kappa shape index (κ1) is 16.0. The van der Waals surface area contributed by atoms with Crippen molar-refractivity contribution in [1.82, 2.24) is 4.57 Å². The van der Waals surface area contributed by atoms with Gasteiger partial charge in [0, 0.05) is 17.8 Å². The van der Waals surface area contributed by atoms with Gasteiger partial charge in [-0.1, -0.05) is 41.5 Å². The SMILES string of the molecule is CCn1c(C)c(C(C)(C)C)c(C)c(C(C)(C)C)c1=O. The van der Waals surface area contributed by atoms with Crippen LogP contribution in [0.15, 0.2) is 4.79 Å². The van der Waals surface area contributed by atoms with Crippen molar-refractivity contribution in [3.05, 3.63) is 32.7 Å². The number of aromatic nitrogens is 1. The second kappa shape index (κ2) is 4.81. The first-order valence-electron chi connectivity index (χ1n) is 7.17. The first-order valence-corrected chi connectivity index (χ1v) is 7.17. The highest BCUT2D eigenvalue weighted by atomic mass is 16.1. The normalized spacial score (nSPS) is 12.9. The molecule has 0 aliphatic carbocycles. The molecular weight excluding hydrogens is 234 g/mol. The zero-order chi connectivity index (χ0) is 15.2. The molecular formula is C17H29NO. The van der Waals surface area contributed by atoms with Gasteiger partial charge in [0.05, 0.1) is 0 Å². The zero-order valence-electron chi connectivity index (χ0n) is 14.1. The molecule has 0 unspecified atom stereocenters. The molecule has 0 bridgehead atoms. The lowest BCUT2D eigenvalue weighted by Gasteiger charge is -2.31. The second-order valence-corrected chi connectivity index (χ2v) is 7.51. The standard InChI is InChI=1S/C17H29NO/c1-10-18-12(3)13(16(4,5)6)11(2)14(15(18)19)17(7,8)9/h10H2,1-9H3. The van der Waals surface area contributed by atoms with E-state index in [1.54, 1.807) is 0 Å². The van der Waals surface area contributed by atoms with Crippen LogP contribution < -0.4 is 5.56 Å². The molecule has 0 fully saturated rings. The molecule has 19 heavy (non-hydrogen) atoms. The Morgan fingerprint density at radius 3 is 1.63 bits per heavy atom. The molecule has 108 valence electrons. The summed E-state index contributed by atoms with van der Waals surface area (Å²) < 4.78 is 1.92. The molecule has 1 aromatic heterocycles. The summed E-state index contributed by atoms with van der Waals surface area (Å²) in [4.78, 5) is 12.7.